The van der Waals surface area contributed by atoms with Gasteiger partial charge in [-0.25, -0.2) is 0 Å². The van der Waals surface area contributed by atoms with Crippen molar-refractivity contribution in [2.24, 2.45) is 23.2 Å². The first-order valence-electron chi connectivity index (χ1n) is 9.16. The number of esters is 2. The van der Waals surface area contributed by atoms with Crippen molar-refractivity contribution in [1.82, 2.24) is 0 Å². The van der Waals surface area contributed by atoms with Crippen molar-refractivity contribution in [2.75, 3.05) is 13.7 Å². The first-order chi connectivity index (χ1) is 11.3. The summed E-state index contributed by atoms with van der Waals surface area (Å²) in [5, 5.41) is 0. The number of ether oxygens (including phenoxy) is 3. The van der Waals surface area contributed by atoms with Gasteiger partial charge in [-0.3, -0.25) is 9.59 Å². The highest BCUT2D eigenvalue weighted by Crippen LogP contribution is 2.57. The fraction of sp³-hybridized carbons (Fsp3) is 0.895. The van der Waals surface area contributed by atoms with Gasteiger partial charge in [0.05, 0.1) is 25.7 Å². The maximum absolute atomic E-state index is 11.5. The van der Waals surface area contributed by atoms with Crippen molar-refractivity contribution in [3.63, 3.8) is 0 Å². The molecule has 2 aliphatic carbocycles. The molecule has 0 aromatic carbocycles. The van der Waals surface area contributed by atoms with E-state index in [1.807, 2.05) is 6.92 Å². The number of fused-ring (bicyclic) bond motifs is 1. The Morgan fingerprint density at radius 3 is 2.54 bits per heavy atom. The van der Waals surface area contributed by atoms with Gasteiger partial charge in [0, 0.05) is 12.8 Å². The van der Waals surface area contributed by atoms with Gasteiger partial charge in [-0.05, 0) is 57.3 Å². The third-order valence-electron chi connectivity index (χ3n) is 6.23. The minimum Gasteiger partial charge on any atom is -0.469 e. The zero-order valence-electron chi connectivity index (χ0n) is 15.7. The Morgan fingerprint density at radius 1 is 1.21 bits per heavy atom. The second-order valence-corrected chi connectivity index (χ2v) is 7.80. The summed E-state index contributed by atoms with van der Waals surface area (Å²) in [6.45, 7) is 8.15. The highest BCUT2D eigenvalue weighted by molar-refractivity contribution is 5.71. The molecule has 5 heteroatoms. The molecular formula is C19H32O5. The molecule has 24 heavy (non-hydrogen) atoms. The molecule has 0 saturated heterocycles. The fourth-order valence-electron chi connectivity index (χ4n) is 4.97. The van der Waals surface area contributed by atoms with E-state index < -0.39 is 0 Å². The summed E-state index contributed by atoms with van der Waals surface area (Å²) < 4.78 is 16.4. The van der Waals surface area contributed by atoms with Gasteiger partial charge in [-0.2, -0.15) is 0 Å². The lowest BCUT2D eigenvalue weighted by Crippen LogP contribution is -2.44. The molecule has 0 radical (unpaired) electrons. The quantitative estimate of drug-likeness (QED) is 0.694. The van der Waals surface area contributed by atoms with E-state index in [4.69, 9.17) is 14.2 Å². The molecule has 2 rings (SSSR count). The minimum absolute atomic E-state index is 0.0486. The van der Waals surface area contributed by atoms with Crippen molar-refractivity contribution >= 4 is 11.9 Å². The van der Waals surface area contributed by atoms with Crippen LogP contribution in [0.2, 0.25) is 0 Å². The number of carbonyl (C=O) groups is 2. The van der Waals surface area contributed by atoms with E-state index in [2.05, 4.69) is 13.8 Å². The first-order valence-corrected chi connectivity index (χ1v) is 9.16. The first kappa shape index (κ1) is 19.2. The Hall–Kier alpha value is -1.10. The van der Waals surface area contributed by atoms with E-state index in [9.17, 15) is 9.59 Å². The lowest BCUT2D eigenvalue weighted by molar-refractivity contribution is -0.156. The fourth-order valence-corrected chi connectivity index (χ4v) is 4.97. The Kier molecular flexibility index (Phi) is 6.29. The molecule has 5 nitrogen and oxygen atoms in total. The predicted molar refractivity (Wildman–Crippen MR) is 90.3 cm³/mol. The summed E-state index contributed by atoms with van der Waals surface area (Å²) in [5.74, 6) is 0.201. The van der Waals surface area contributed by atoms with E-state index in [1.165, 1.54) is 14.0 Å². The molecule has 0 heterocycles. The van der Waals surface area contributed by atoms with Crippen molar-refractivity contribution in [2.45, 2.75) is 72.0 Å². The Labute approximate surface area is 145 Å². The minimum atomic E-state index is -0.248. The standard InChI is InChI=1S/C19H32O5/c1-12(18(21)22-5)11-23-13(2)15-8-9-16-17(24-14(3)20)7-6-10-19(15,16)4/h12-13,15-17H,6-11H2,1-5H3. The van der Waals surface area contributed by atoms with Crippen LogP contribution in [0.5, 0.6) is 0 Å². The van der Waals surface area contributed by atoms with Crippen molar-refractivity contribution < 1.29 is 23.8 Å². The highest BCUT2D eigenvalue weighted by atomic mass is 16.5. The number of hydrogen-bond donors (Lipinski definition) is 0. The molecule has 6 atom stereocenters. The van der Waals surface area contributed by atoms with E-state index in [0.29, 0.717) is 18.4 Å². The van der Waals surface area contributed by atoms with Crippen LogP contribution >= 0.6 is 0 Å². The van der Waals surface area contributed by atoms with Crippen LogP contribution < -0.4 is 0 Å². The monoisotopic (exact) mass is 340 g/mol. The average Bonchev–Trinajstić information content (AvgIpc) is 2.89. The van der Waals surface area contributed by atoms with Crippen molar-refractivity contribution in [1.29, 1.82) is 0 Å². The molecule has 2 fully saturated rings. The molecule has 0 aliphatic heterocycles. The second kappa shape index (κ2) is 7.85. The summed E-state index contributed by atoms with van der Waals surface area (Å²) in [5.41, 5.74) is 0.145. The molecule has 0 amide bonds. The van der Waals surface area contributed by atoms with Crippen LogP contribution in [0.1, 0.15) is 59.8 Å². The molecule has 2 aliphatic rings. The van der Waals surface area contributed by atoms with Crippen molar-refractivity contribution in [3.05, 3.63) is 0 Å². The summed E-state index contributed by atoms with van der Waals surface area (Å²) >= 11 is 0. The molecule has 6 unspecified atom stereocenters. The Bertz CT molecular complexity index is 463. The van der Waals surface area contributed by atoms with Gasteiger partial charge in [-0.1, -0.05) is 6.92 Å². The molecule has 0 aromatic rings. The van der Waals surface area contributed by atoms with Gasteiger partial charge in [0.15, 0.2) is 0 Å². The summed E-state index contributed by atoms with van der Waals surface area (Å²) in [7, 11) is 1.40. The van der Waals surface area contributed by atoms with Crippen LogP contribution in [0.3, 0.4) is 0 Å². The molecule has 2 saturated carbocycles. The molecule has 0 spiro atoms. The number of hydrogen-bond acceptors (Lipinski definition) is 5. The van der Waals surface area contributed by atoms with E-state index in [0.717, 1.165) is 32.1 Å². The maximum Gasteiger partial charge on any atom is 0.310 e. The van der Waals surface area contributed by atoms with Gasteiger partial charge in [0.1, 0.15) is 6.10 Å². The van der Waals surface area contributed by atoms with Crippen LogP contribution in [-0.4, -0.2) is 37.9 Å². The lowest BCUT2D eigenvalue weighted by atomic mass is 9.63. The van der Waals surface area contributed by atoms with Gasteiger partial charge in [0.25, 0.3) is 0 Å². The van der Waals surface area contributed by atoms with Gasteiger partial charge >= 0.3 is 11.9 Å². The maximum atomic E-state index is 11.5. The SMILES string of the molecule is COC(=O)C(C)COC(C)C1CCC2C(OC(C)=O)CCCC12C. The molecule has 0 bridgehead atoms. The molecule has 138 valence electrons. The zero-order valence-corrected chi connectivity index (χ0v) is 15.7. The number of carbonyl (C=O) groups excluding carboxylic acids is 2. The summed E-state index contributed by atoms with van der Waals surface area (Å²) in [6, 6.07) is 0. The van der Waals surface area contributed by atoms with Gasteiger partial charge in [0.2, 0.25) is 0 Å². The normalized spacial score (nSPS) is 35.0. The van der Waals surface area contributed by atoms with E-state index in [-0.39, 0.29) is 35.5 Å². The van der Waals surface area contributed by atoms with E-state index >= 15 is 0 Å². The smallest absolute Gasteiger partial charge is 0.310 e. The largest absolute Gasteiger partial charge is 0.469 e. The lowest BCUT2D eigenvalue weighted by Gasteiger charge is -2.45. The van der Waals surface area contributed by atoms with Gasteiger partial charge < -0.3 is 14.2 Å². The molecular weight excluding hydrogens is 308 g/mol. The average molecular weight is 340 g/mol. The highest BCUT2D eigenvalue weighted by Gasteiger charge is 2.53. The zero-order chi connectivity index (χ0) is 17.9. The van der Waals surface area contributed by atoms with Crippen LogP contribution in [0, 0.1) is 23.2 Å². The number of methoxy groups -OCH3 is 1. The predicted octanol–water partition coefficient (Wildman–Crippen LogP) is 3.35. The second-order valence-electron chi connectivity index (χ2n) is 7.80. The molecule has 0 aromatic heterocycles. The summed E-state index contributed by atoms with van der Waals surface area (Å²) in [6.07, 6.45) is 5.52. The third kappa shape index (κ3) is 3.93. The van der Waals surface area contributed by atoms with E-state index in [1.54, 1.807) is 0 Å². The third-order valence-corrected chi connectivity index (χ3v) is 6.23. The van der Waals surface area contributed by atoms with Crippen LogP contribution in [0.25, 0.3) is 0 Å². The van der Waals surface area contributed by atoms with Crippen LogP contribution in [0.15, 0.2) is 0 Å². The van der Waals surface area contributed by atoms with Crippen LogP contribution in [0.4, 0.5) is 0 Å². The Balaban J connectivity index is 1.99. The topological polar surface area (TPSA) is 61.8 Å². The van der Waals surface area contributed by atoms with Crippen molar-refractivity contribution in [3.8, 4) is 0 Å². The Morgan fingerprint density at radius 2 is 1.92 bits per heavy atom. The molecule has 0 N–H and O–H groups in total. The number of rotatable bonds is 6. The van der Waals surface area contributed by atoms with Crippen LogP contribution in [-0.2, 0) is 23.8 Å². The summed E-state index contributed by atoms with van der Waals surface area (Å²) in [4.78, 5) is 22.9. The van der Waals surface area contributed by atoms with Gasteiger partial charge in [-0.15, -0.1) is 0 Å².